The van der Waals surface area contributed by atoms with Crippen LogP contribution in [0.3, 0.4) is 0 Å². The second-order valence-corrected chi connectivity index (χ2v) is 10.4. The molecule has 9 nitrogen and oxygen atoms in total. The minimum Gasteiger partial charge on any atom is -0.481 e. The van der Waals surface area contributed by atoms with Gasteiger partial charge in [-0.05, 0) is 55.9 Å². The number of piperazine rings is 1. The lowest BCUT2D eigenvalue weighted by molar-refractivity contribution is -0.137. The number of anilines is 1. The highest BCUT2D eigenvalue weighted by Gasteiger charge is 2.32. The van der Waals surface area contributed by atoms with Gasteiger partial charge in [-0.1, -0.05) is 19.0 Å². The fraction of sp³-hybridized carbons (Fsp3) is 0.538. The average molecular weight is 479 g/mol. The monoisotopic (exact) mass is 478 g/mol. The summed E-state index contributed by atoms with van der Waals surface area (Å²) >= 11 is 0. The molecule has 1 fully saturated rings. The number of hydrogen-bond acceptors (Lipinski definition) is 7. The normalized spacial score (nSPS) is 18.0. The first-order valence-electron chi connectivity index (χ1n) is 12.5. The number of nitrogens with zero attached hydrogens (tertiary/aromatic N) is 6. The third-order valence-electron chi connectivity index (χ3n) is 7.30. The molecule has 3 aromatic rings. The van der Waals surface area contributed by atoms with E-state index in [0.29, 0.717) is 18.3 Å². The second kappa shape index (κ2) is 9.45. The summed E-state index contributed by atoms with van der Waals surface area (Å²) in [6, 6.07) is 8.24. The number of hydrogen-bond donors (Lipinski definition) is 1. The fourth-order valence-corrected chi connectivity index (χ4v) is 5.17. The molecule has 5 rings (SSSR count). The summed E-state index contributed by atoms with van der Waals surface area (Å²) in [5.41, 5.74) is 5.71. The van der Waals surface area contributed by atoms with Gasteiger partial charge in [0.25, 0.3) is 5.89 Å². The Morgan fingerprint density at radius 3 is 2.57 bits per heavy atom. The zero-order valence-corrected chi connectivity index (χ0v) is 20.8. The van der Waals surface area contributed by atoms with Crippen molar-refractivity contribution in [1.82, 2.24) is 24.8 Å². The molecule has 0 amide bonds. The van der Waals surface area contributed by atoms with Gasteiger partial charge in [0.1, 0.15) is 0 Å². The first kappa shape index (κ1) is 23.5. The Balaban J connectivity index is 1.28. The van der Waals surface area contributed by atoms with Crippen LogP contribution in [0.25, 0.3) is 23.0 Å². The molecule has 0 spiro atoms. The van der Waals surface area contributed by atoms with E-state index < -0.39 is 5.97 Å². The van der Waals surface area contributed by atoms with Crippen molar-refractivity contribution in [2.75, 3.05) is 37.6 Å². The van der Waals surface area contributed by atoms with Gasteiger partial charge in [0.2, 0.25) is 5.82 Å². The Morgan fingerprint density at radius 1 is 1.14 bits per heavy atom. The third kappa shape index (κ3) is 4.96. The summed E-state index contributed by atoms with van der Waals surface area (Å²) in [6.07, 6.45) is 3.31. The average Bonchev–Trinajstić information content (AvgIpc) is 3.47. The van der Waals surface area contributed by atoms with E-state index in [1.165, 1.54) is 11.3 Å². The lowest BCUT2D eigenvalue weighted by Gasteiger charge is -2.35. The van der Waals surface area contributed by atoms with Crippen molar-refractivity contribution in [3.8, 4) is 23.0 Å². The molecule has 1 aliphatic carbocycles. The maximum Gasteiger partial charge on any atom is 0.304 e. The number of rotatable bonds is 7. The number of aromatic nitrogens is 4. The number of benzene rings is 1. The number of carboxylic acids is 1. The molecule has 2 aromatic heterocycles. The fourth-order valence-electron chi connectivity index (χ4n) is 5.17. The number of carboxylic acid groups (broad SMARTS) is 1. The van der Waals surface area contributed by atoms with Crippen LogP contribution in [0.15, 0.2) is 28.8 Å². The van der Waals surface area contributed by atoms with Crippen LogP contribution in [0, 0.1) is 5.41 Å². The van der Waals surface area contributed by atoms with Gasteiger partial charge in [0, 0.05) is 61.8 Å². The smallest absolute Gasteiger partial charge is 0.304 e. The highest BCUT2D eigenvalue weighted by molar-refractivity contribution is 5.67. The van der Waals surface area contributed by atoms with Gasteiger partial charge >= 0.3 is 5.97 Å². The van der Waals surface area contributed by atoms with Crippen molar-refractivity contribution in [1.29, 1.82) is 0 Å². The van der Waals surface area contributed by atoms with E-state index >= 15 is 0 Å². The van der Waals surface area contributed by atoms with Crippen LogP contribution in [-0.2, 0) is 24.2 Å². The highest BCUT2D eigenvalue weighted by Crippen LogP contribution is 2.39. The third-order valence-corrected chi connectivity index (χ3v) is 7.30. The van der Waals surface area contributed by atoms with Crippen LogP contribution in [0.4, 0.5) is 5.69 Å². The number of aryl methyl sites for hydroxylation is 1. The molecule has 0 atom stereocenters. The van der Waals surface area contributed by atoms with Gasteiger partial charge in [0.05, 0.1) is 6.42 Å². The maximum absolute atomic E-state index is 10.8. The number of fused-ring (bicyclic) bond motifs is 1. The summed E-state index contributed by atoms with van der Waals surface area (Å²) in [5.74, 6) is 0.320. The van der Waals surface area contributed by atoms with Crippen molar-refractivity contribution in [2.45, 2.75) is 53.0 Å². The molecule has 35 heavy (non-hydrogen) atoms. The van der Waals surface area contributed by atoms with Gasteiger partial charge in [-0.25, -0.2) is 0 Å². The predicted molar refractivity (Wildman–Crippen MR) is 133 cm³/mol. The van der Waals surface area contributed by atoms with Crippen LogP contribution in [0.5, 0.6) is 0 Å². The molecular formula is C26H34N6O3. The standard InChI is InChI=1S/C26H34N6O3/c1-4-32-21-17-26(2,3)11-9-20(21)23(28-32)25-27-24(29-35-25)18-5-7-19(8-6-18)31-15-13-30(14-16-31)12-10-22(33)34/h5-8H,4,9-17H2,1-3H3,(H,33,34). The Hall–Kier alpha value is -3.20. The van der Waals surface area contributed by atoms with E-state index in [1.54, 1.807) is 0 Å². The summed E-state index contributed by atoms with van der Waals surface area (Å²) in [5, 5.41) is 18.0. The molecule has 3 heterocycles. The van der Waals surface area contributed by atoms with Crippen molar-refractivity contribution < 1.29 is 14.4 Å². The zero-order chi connectivity index (χ0) is 24.6. The first-order valence-corrected chi connectivity index (χ1v) is 12.5. The van der Waals surface area contributed by atoms with Gasteiger partial charge in [-0.15, -0.1) is 0 Å². The van der Waals surface area contributed by atoms with Crippen molar-refractivity contribution >= 4 is 11.7 Å². The molecular weight excluding hydrogens is 444 g/mol. The van der Waals surface area contributed by atoms with E-state index in [9.17, 15) is 4.79 Å². The Kier molecular flexibility index (Phi) is 6.35. The molecule has 0 unspecified atom stereocenters. The molecule has 1 N–H and O–H groups in total. The number of carbonyl (C=O) groups is 1. The molecule has 2 aliphatic rings. The highest BCUT2D eigenvalue weighted by atomic mass is 16.5. The minimum absolute atomic E-state index is 0.195. The molecule has 0 bridgehead atoms. The van der Waals surface area contributed by atoms with E-state index in [1.807, 2.05) is 12.1 Å². The largest absolute Gasteiger partial charge is 0.481 e. The quantitative estimate of drug-likeness (QED) is 0.548. The maximum atomic E-state index is 10.8. The first-order chi connectivity index (χ1) is 16.8. The topological polar surface area (TPSA) is 101 Å². The van der Waals surface area contributed by atoms with Gasteiger partial charge in [-0.2, -0.15) is 10.1 Å². The van der Waals surface area contributed by atoms with Gasteiger partial charge in [0.15, 0.2) is 5.69 Å². The van der Waals surface area contributed by atoms with E-state index in [0.717, 1.165) is 68.9 Å². The van der Waals surface area contributed by atoms with Crippen LogP contribution in [0.2, 0.25) is 0 Å². The van der Waals surface area contributed by atoms with E-state index in [-0.39, 0.29) is 11.8 Å². The van der Waals surface area contributed by atoms with Gasteiger partial charge in [-0.3, -0.25) is 14.4 Å². The van der Waals surface area contributed by atoms with Crippen molar-refractivity contribution in [3.63, 3.8) is 0 Å². The molecule has 186 valence electrons. The molecule has 0 radical (unpaired) electrons. The van der Waals surface area contributed by atoms with Crippen LogP contribution in [0.1, 0.15) is 44.9 Å². The lowest BCUT2D eigenvalue weighted by atomic mass is 9.76. The minimum atomic E-state index is -0.741. The van der Waals surface area contributed by atoms with E-state index in [2.05, 4.69) is 52.5 Å². The molecule has 1 saturated heterocycles. The Morgan fingerprint density at radius 2 is 1.89 bits per heavy atom. The molecule has 0 saturated carbocycles. The Bertz CT molecular complexity index is 1190. The van der Waals surface area contributed by atoms with Crippen LogP contribution in [-0.4, -0.2) is 68.6 Å². The predicted octanol–water partition coefficient (Wildman–Crippen LogP) is 3.73. The van der Waals surface area contributed by atoms with Crippen molar-refractivity contribution in [2.24, 2.45) is 5.41 Å². The molecule has 9 heteroatoms. The second-order valence-electron chi connectivity index (χ2n) is 10.4. The summed E-state index contributed by atoms with van der Waals surface area (Å²) in [4.78, 5) is 20.0. The summed E-state index contributed by atoms with van der Waals surface area (Å²) < 4.78 is 7.77. The van der Waals surface area contributed by atoms with Gasteiger partial charge < -0.3 is 14.5 Å². The van der Waals surface area contributed by atoms with Crippen LogP contribution >= 0.6 is 0 Å². The zero-order valence-electron chi connectivity index (χ0n) is 20.8. The molecule has 1 aromatic carbocycles. The molecule has 1 aliphatic heterocycles. The lowest BCUT2D eigenvalue weighted by Crippen LogP contribution is -2.46. The van der Waals surface area contributed by atoms with Crippen LogP contribution < -0.4 is 4.90 Å². The van der Waals surface area contributed by atoms with E-state index in [4.69, 9.17) is 19.7 Å². The number of aliphatic carboxylic acids is 1. The Labute approximate surface area is 205 Å². The van der Waals surface area contributed by atoms with Crippen molar-refractivity contribution in [3.05, 3.63) is 35.5 Å². The summed E-state index contributed by atoms with van der Waals surface area (Å²) in [7, 11) is 0. The SMILES string of the molecule is CCn1nc(-c2nc(-c3ccc(N4CCN(CCC(=O)O)CC4)cc3)no2)c2c1CC(C)(C)CC2. The summed E-state index contributed by atoms with van der Waals surface area (Å²) in [6.45, 7) is 11.7.